The summed E-state index contributed by atoms with van der Waals surface area (Å²) in [5.74, 6) is 0.126. The molecule has 0 radical (unpaired) electrons. The van der Waals surface area contributed by atoms with Crippen molar-refractivity contribution >= 4 is 22.8 Å². The maximum absolute atomic E-state index is 11.8. The van der Waals surface area contributed by atoms with E-state index in [1.807, 2.05) is 17.2 Å². The van der Waals surface area contributed by atoms with Gasteiger partial charge in [0, 0.05) is 45.4 Å². The van der Waals surface area contributed by atoms with Gasteiger partial charge in [-0.3, -0.25) is 9.69 Å². The molecule has 0 bridgehead atoms. The van der Waals surface area contributed by atoms with Crippen LogP contribution in [0.3, 0.4) is 0 Å². The lowest BCUT2D eigenvalue weighted by Crippen LogP contribution is -2.61. The summed E-state index contributed by atoms with van der Waals surface area (Å²) < 4.78 is 5.37. The molecular formula is C15H19N5O3. The van der Waals surface area contributed by atoms with Crippen LogP contribution in [-0.2, 0) is 9.53 Å². The predicted octanol–water partition coefficient (Wildman–Crippen LogP) is 0.324. The fraction of sp³-hybridized carbons (Fsp3) is 0.533. The number of piperazine rings is 1. The van der Waals surface area contributed by atoms with Gasteiger partial charge in [-0.2, -0.15) is 0 Å². The molecule has 2 fully saturated rings. The van der Waals surface area contributed by atoms with E-state index in [0.29, 0.717) is 26.1 Å². The first kappa shape index (κ1) is 14.4. The number of aromatic nitrogens is 3. The second kappa shape index (κ2) is 5.47. The molecule has 0 spiro atoms. The van der Waals surface area contributed by atoms with Crippen molar-refractivity contribution in [3.8, 4) is 0 Å². The van der Waals surface area contributed by atoms with Gasteiger partial charge >= 0.3 is 5.97 Å². The molecular weight excluding hydrogens is 298 g/mol. The number of fused-ring (bicyclic) bond motifs is 1. The summed E-state index contributed by atoms with van der Waals surface area (Å²) in [6.45, 7) is 3.65. The fourth-order valence-corrected chi connectivity index (χ4v) is 3.56. The van der Waals surface area contributed by atoms with Crippen molar-refractivity contribution in [2.45, 2.75) is 12.0 Å². The van der Waals surface area contributed by atoms with E-state index >= 15 is 0 Å². The first-order valence-corrected chi connectivity index (χ1v) is 7.80. The van der Waals surface area contributed by atoms with Crippen LogP contribution in [-0.4, -0.2) is 75.9 Å². The van der Waals surface area contributed by atoms with Gasteiger partial charge in [0.05, 0.1) is 12.0 Å². The lowest BCUT2D eigenvalue weighted by atomic mass is 9.95. The third kappa shape index (κ3) is 2.25. The van der Waals surface area contributed by atoms with Gasteiger partial charge < -0.3 is 19.7 Å². The summed E-state index contributed by atoms with van der Waals surface area (Å²) in [5, 5.41) is 10.7. The minimum Gasteiger partial charge on any atom is -0.480 e. The van der Waals surface area contributed by atoms with Crippen molar-refractivity contribution in [2.75, 3.05) is 44.3 Å². The fourth-order valence-electron chi connectivity index (χ4n) is 3.56. The molecule has 8 nitrogen and oxygen atoms in total. The van der Waals surface area contributed by atoms with Crippen LogP contribution in [0.25, 0.3) is 11.0 Å². The Kier molecular flexibility index (Phi) is 3.42. The summed E-state index contributed by atoms with van der Waals surface area (Å²) >= 11 is 0. The molecule has 4 rings (SSSR count). The second-order valence-electron chi connectivity index (χ2n) is 6.05. The Morgan fingerprint density at radius 2 is 2.13 bits per heavy atom. The van der Waals surface area contributed by atoms with Gasteiger partial charge in [-0.15, -0.1) is 0 Å². The SMILES string of the molecule is O=C(O)C1(N2CCN(c3ncnc4[nH]ccc34)CC2)CCOC1. The van der Waals surface area contributed by atoms with E-state index in [4.69, 9.17) is 4.74 Å². The molecule has 2 aromatic rings. The first-order chi connectivity index (χ1) is 11.2. The number of rotatable bonds is 3. The number of hydrogen-bond acceptors (Lipinski definition) is 6. The average molecular weight is 317 g/mol. The molecule has 23 heavy (non-hydrogen) atoms. The van der Waals surface area contributed by atoms with E-state index in [-0.39, 0.29) is 6.61 Å². The Labute approximate surface area is 133 Å². The molecule has 2 aliphatic rings. The summed E-state index contributed by atoms with van der Waals surface area (Å²) in [7, 11) is 0. The smallest absolute Gasteiger partial charge is 0.326 e. The quantitative estimate of drug-likeness (QED) is 0.842. The van der Waals surface area contributed by atoms with E-state index < -0.39 is 11.5 Å². The van der Waals surface area contributed by atoms with Gasteiger partial charge in [0.15, 0.2) is 0 Å². The zero-order valence-corrected chi connectivity index (χ0v) is 12.7. The molecule has 0 aromatic carbocycles. The maximum atomic E-state index is 11.8. The minimum atomic E-state index is -0.860. The predicted molar refractivity (Wildman–Crippen MR) is 83.5 cm³/mol. The van der Waals surface area contributed by atoms with E-state index in [1.165, 1.54) is 0 Å². The molecule has 0 amide bonds. The molecule has 0 aliphatic carbocycles. The van der Waals surface area contributed by atoms with Gasteiger partial charge in [-0.1, -0.05) is 0 Å². The van der Waals surface area contributed by atoms with E-state index in [0.717, 1.165) is 29.9 Å². The van der Waals surface area contributed by atoms with Crippen molar-refractivity contribution in [3.05, 3.63) is 18.6 Å². The largest absolute Gasteiger partial charge is 0.480 e. The van der Waals surface area contributed by atoms with Gasteiger partial charge in [-0.05, 0) is 6.07 Å². The Hall–Kier alpha value is -2.19. The number of hydrogen-bond donors (Lipinski definition) is 2. The van der Waals surface area contributed by atoms with Crippen LogP contribution < -0.4 is 4.90 Å². The summed E-state index contributed by atoms with van der Waals surface area (Å²) in [6.07, 6.45) is 3.97. The third-order valence-electron chi connectivity index (χ3n) is 4.92. The van der Waals surface area contributed by atoms with Crippen LogP contribution in [0.5, 0.6) is 0 Å². The minimum absolute atomic E-state index is 0.276. The van der Waals surface area contributed by atoms with Crippen molar-refractivity contribution in [1.29, 1.82) is 0 Å². The zero-order valence-electron chi connectivity index (χ0n) is 12.7. The van der Waals surface area contributed by atoms with E-state index in [1.54, 1.807) is 6.33 Å². The van der Waals surface area contributed by atoms with E-state index in [9.17, 15) is 9.90 Å². The lowest BCUT2D eigenvalue weighted by Gasteiger charge is -2.42. The number of carboxylic acids is 1. The highest BCUT2D eigenvalue weighted by Gasteiger charge is 2.48. The maximum Gasteiger partial charge on any atom is 0.326 e. The number of ether oxygens (including phenoxy) is 1. The van der Waals surface area contributed by atoms with Crippen LogP contribution in [0.2, 0.25) is 0 Å². The molecule has 0 saturated carbocycles. The van der Waals surface area contributed by atoms with Gasteiger partial charge in [0.1, 0.15) is 23.3 Å². The number of aromatic amines is 1. The zero-order chi connectivity index (χ0) is 15.9. The van der Waals surface area contributed by atoms with Crippen molar-refractivity contribution in [2.24, 2.45) is 0 Å². The summed E-state index contributed by atoms with van der Waals surface area (Å²) in [6, 6.07) is 1.97. The number of aliphatic carboxylic acids is 1. The Balaban J connectivity index is 1.53. The average Bonchev–Trinajstić information content (AvgIpc) is 3.24. The summed E-state index contributed by atoms with van der Waals surface area (Å²) in [4.78, 5) is 27.7. The van der Waals surface area contributed by atoms with Crippen LogP contribution in [0.15, 0.2) is 18.6 Å². The molecule has 122 valence electrons. The first-order valence-electron chi connectivity index (χ1n) is 7.80. The molecule has 1 unspecified atom stereocenters. The van der Waals surface area contributed by atoms with Crippen LogP contribution in [0, 0.1) is 0 Å². The number of carbonyl (C=O) groups is 1. The van der Waals surface area contributed by atoms with Crippen molar-refractivity contribution < 1.29 is 14.6 Å². The Morgan fingerprint density at radius 1 is 1.30 bits per heavy atom. The number of nitrogens with one attached hydrogen (secondary N) is 1. The van der Waals surface area contributed by atoms with Crippen molar-refractivity contribution in [1.82, 2.24) is 19.9 Å². The van der Waals surface area contributed by atoms with Crippen LogP contribution >= 0.6 is 0 Å². The third-order valence-corrected chi connectivity index (χ3v) is 4.92. The number of carboxylic acid groups (broad SMARTS) is 1. The Morgan fingerprint density at radius 3 is 2.83 bits per heavy atom. The molecule has 4 heterocycles. The standard InChI is InChI=1S/C15H19N5O3/c21-14(22)15(2-8-23-9-15)20-6-4-19(5-7-20)13-11-1-3-16-12(11)17-10-18-13/h1,3,10H,2,4-9H2,(H,21,22)(H,16,17,18). The second-order valence-corrected chi connectivity index (χ2v) is 6.05. The highest BCUT2D eigenvalue weighted by molar-refractivity contribution is 5.87. The van der Waals surface area contributed by atoms with Gasteiger partial charge in [0.2, 0.25) is 0 Å². The lowest BCUT2D eigenvalue weighted by molar-refractivity contribution is -0.152. The summed E-state index contributed by atoms with van der Waals surface area (Å²) in [5.41, 5.74) is -0.0371. The molecule has 2 saturated heterocycles. The molecule has 1 atom stereocenters. The molecule has 2 aromatic heterocycles. The topological polar surface area (TPSA) is 94.6 Å². The van der Waals surface area contributed by atoms with Gasteiger partial charge in [-0.25, -0.2) is 9.97 Å². The van der Waals surface area contributed by atoms with E-state index in [2.05, 4.69) is 19.9 Å². The number of anilines is 1. The Bertz CT molecular complexity index is 717. The number of H-pyrrole nitrogens is 1. The molecule has 8 heteroatoms. The van der Waals surface area contributed by atoms with Gasteiger partial charge in [0.25, 0.3) is 0 Å². The van der Waals surface area contributed by atoms with Crippen LogP contribution in [0.4, 0.5) is 5.82 Å². The van der Waals surface area contributed by atoms with Crippen LogP contribution in [0.1, 0.15) is 6.42 Å². The highest BCUT2D eigenvalue weighted by Crippen LogP contribution is 2.30. The normalized spacial score (nSPS) is 26.0. The van der Waals surface area contributed by atoms with Crippen molar-refractivity contribution in [3.63, 3.8) is 0 Å². The monoisotopic (exact) mass is 317 g/mol. The molecule has 2 N–H and O–H groups in total. The molecule has 2 aliphatic heterocycles. The number of nitrogens with zero attached hydrogens (tertiary/aromatic N) is 4. The highest BCUT2D eigenvalue weighted by atomic mass is 16.5.